The fourth-order valence-electron chi connectivity index (χ4n) is 2.51. The first-order chi connectivity index (χ1) is 9.97. The number of aromatic nitrogens is 2. The summed E-state index contributed by atoms with van der Waals surface area (Å²) in [6, 6.07) is 10.6. The van der Waals surface area contributed by atoms with E-state index in [4.69, 9.17) is 5.84 Å². The van der Waals surface area contributed by atoms with Gasteiger partial charge in [-0.15, -0.1) is 0 Å². The van der Waals surface area contributed by atoms with E-state index < -0.39 is 0 Å². The summed E-state index contributed by atoms with van der Waals surface area (Å²) in [4.78, 5) is 0. The fourth-order valence-corrected chi connectivity index (χ4v) is 2.51. The number of nitrogens with one attached hydrogen (secondary N) is 1. The molecule has 1 aromatic heterocycles. The van der Waals surface area contributed by atoms with E-state index in [1.54, 1.807) is 0 Å². The molecule has 4 nitrogen and oxygen atoms in total. The van der Waals surface area contributed by atoms with E-state index in [2.05, 4.69) is 62.5 Å². The van der Waals surface area contributed by atoms with Crippen molar-refractivity contribution in [3.63, 3.8) is 0 Å². The number of nitrogens with two attached hydrogens (primary N) is 1. The van der Waals surface area contributed by atoms with E-state index in [1.807, 2.05) is 16.9 Å². The lowest BCUT2D eigenvalue weighted by molar-refractivity contribution is 0.520. The molecule has 2 aromatic rings. The molecule has 1 heterocycles. The van der Waals surface area contributed by atoms with Crippen molar-refractivity contribution in [3.8, 4) is 0 Å². The van der Waals surface area contributed by atoms with Crippen molar-refractivity contribution < 1.29 is 0 Å². The van der Waals surface area contributed by atoms with Crippen LogP contribution in [-0.2, 0) is 12.0 Å². The first-order valence-corrected chi connectivity index (χ1v) is 7.55. The van der Waals surface area contributed by atoms with E-state index in [-0.39, 0.29) is 11.5 Å². The van der Waals surface area contributed by atoms with Crippen LogP contribution in [0.3, 0.4) is 0 Å². The van der Waals surface area contributed by atoms with E-state index in [0.717, 1.165) is 24.2 Å². The molecule has 0 bridgehead atoms. The Morgan fingerprint density at radius 1 is 1.19 bits per heavy atom. The zero-order valence-electron chi connectivity index (χ0n) is 13.4. The Balaban J connectivity index is 2.31. The molecular formula is C17H26N4. The summed E-state index contributed by atoms with van der Waals surface area (Å²) < 4.78 is 2.02. The van der Waals surface area contributed by atoms with Gasteiger partial charge in [-0.3, -0.25) is 10.5 Å². The van der Waals surface area contributed by atoms with Gasteiger partial charge in [-0.2, -0.15) is 5.10 Å². The summed E-state index contributed by atoms with van der Waals surface area (Å²) in [7, 11) is 0. The maximum Gasteiger partial charge on any atom is 0.0878 e. The Bertz CT molecular complexity index is 563. The normalized spacial score (nSPS) is 13.4. The smallest absolute Gasteiger partial charge is 0.0878 e. The van der Waals surface area contributed by atoms with Crippen LogP contribution in [0.15, 0.2) is 36.5 Å². The first kappa shape index (κ1) is 15.7. The first-order valence-electron chi connectivity index (χ1n) is 7.55. The van der Waals surface area contributed by atoms with Crippen LogP contribution in [0.1, 0.15) is 57.0 Å². The van der Waals surface area contributed by atoms with Crippen LogP contribution in [-0.4, -0.2) is 9.78 Å². The largest absolute Gasteiger partial charge is 0.271 e. The van der Waals surface area contributed by atoms with Crippen molar-refractivity contribution in [3.05, 3.63) is 53.3 Å². The number of benzene rings is 1. The third kappa shape index (κ3) is 3.52. The van der Waals surface area contributed by atoms with E-state index in [0.29, 0.717) is 0 Å². The average molecular weight is 286 g/mol. The lowest BCUT2D eigenvalue weighted by Gasteiger charge is -2.22. The van der Waals surface area contributed by atoms with Gasteiger partial charge in [0.25, 0.3) is 0 Å². The van der Waals surface area contributed by atoms with Crippen molar-refractivity contribution in [2.45, 2.75) is 52.1 Å². The summed E-state index contributed by atoms with van der Waals surface area (Å²) in [6.45, 7) is 9.71. The SMILES string of the molecule is CCCn1nccc1C(NN)c1ccc(C(C)(C)C)cc1. The highest BCUT2D eigenvalue weighted by Gasteiger charge is 2.18. The molecule has 0 saturated heterocycles. The highest BCUT2D eigenvalue weighted by molar-refractivity contribution is 5.33. The van der Waals surface area contributed by atoms with Crippen LogP contribution in [0.25, 0.3) is 0 Å². The van der Waals surface area contributed by atoms with Gasteiger partial charge in [0.2, 0.25) is 0 Å². The number of hydrogen-bond donors (Lipinski definition) is 2. The molecule has 0 saturated carbocycles. The maximum atomic E-state index is 5.79. The van der Waals surface area contributed by atoms with E-state index >= 15 is 0 Å². The molecular weight excluding hydrogens is 260 g/mol. The molecule has 0 aliphatic heterocycles. The molecule has 0 spiro atoms. The lowest BCUT2D eigenvalue weighted by atomic mass is 9.86. The van der Waals surface area contributed by atoms with Crippen molar-refractivity contribution >= 4 is 0 Å². The summed E-state index contributed by atoms with van der Waals surface area (Å²) in [6.07, 6.45) is 2.88. The number of nitrogens with zero attached hydrogens (tertiary/aromatic N) is 2. The van der Waals surface area contributed by atoms with Gasteiger partial charge in [0.1, 0.15) is 0 Å². The van der Waals surface area contributed by atoms with Gasteiger partial charge in [-0.25, -0.2) is 5.43 Å². The topological polar surface area (TPSA) is 55.9 Å². The van der Waals surface area contributed by atoms with Crippen molar-refractivity contribution in [1.82, 2.24) is 15.2 Å². The predicted molar refractivity (Wildman–Crippen MR) is 86.8 cm³/mol. The van der Waals surface area contributed by atoms with Gasteiger partial charge in [-0.05, 0) is 29.0 Å². The Kier molecular flexibility index (Phi) is 4.80. The lowest BCUT2D eigenvalue weighted by Crippen LogP contribution is -2.30. The molecule has 0 amide bonds. The number of aryl methyl sites for hydroxylation is 1. The minimum atomic E-state index is -0.0342. The van der Waals surface area contributed by atoms with Crippen LogP contribution >= 0.6 is 0 Å². The molecule has 2 rings (SSSR count). The second-order valence-electron chi connectivity index (χ2n) is 6.45. The van der Waals surface area contributed by atoms with Gasteiger partial charge in [-0.1, -0.05) is 52.0 Å². The quantitative estimate of drug-likeness (QED) is 0.656. The molecule has 21 heavy (non-hydrogen) atoms. The Morgan fingerprint density at radius 3 is 2.38 bits per heavy atom. The van der Waals surface area contributed by atoms with Gasteiger partial charge in [0, 0.05) is 12.7 Å². The third-order valence-electron chi connectivity index (χ3n) is 3.76. The molecule has 4 heteroatoms. The van der Waals surface area contributed by atoms with Crippen LogP contribution < -0.4 is 11.3 Å². The molecule has 0 fully saturated rings. The monoisotopic (exact) mass is 286 g/mol. The maximum absolute atomic E-state index is 5.79. The second kappa shape index (κ2) is 6.41. The van der Waals surface area contributed by atoms with E-state index in [1.165, 1.54) is 5.56 Å². The molecule has 0 aliphatic carbocycles. The summed E-state index contributed by atoms with van der Waals surface area (Å²) in [5.74, 6) is 5.79. The molecule has 3 N–H and O–H groups in total. The Hall–Kier alpha value is -1.65. The number of hydrogen-bond acceptors (Lipinski definition) is 3. The van der Waals surface area contributed by atoms with Crippen LogP contribution in [0.4, 0.5) is 0 Å². The molecule has 1 unspecified atom stereocenters. The van der Waals surface area contributed by atoms with Crippen LogP contribution in [0.2, 0.25) is 0 Å². The van der Waals surface area contributed by atoms with Crippen molar-refractivity contribution in [1.29, 1.82) is 0 Å². The van der Waals surface area contributed by atoms with Gasteiger partial charge in [0.15, 0.2) is 0 Å². The van der Waals surface area contributed by atoms with Gasteiger partial charge in [0.05, 0.1) is 11.7 Å². The number of rotatable bonds is 5. The molecule has 1 aromatic carbocycles. The predicted octanol–water partition coefficient (Wildman–Crippen LogP) is 3.14. The van der Waals surface area contributed by atoms with Gasteiger partial charge >= 0.3 is 0 Å². The third-order valence-corrected chi connectivity index (χ3v) is 3.76. The molecule has 114 valence electrons. The minimum Gasteiger partial charge on any atom is -0.271 e. The Morgan fingerprint density at radius 2 is 1.86 bits per heavy atom. The summed E-state index contributed by atoms with van der Waals surface area (Å²) in [5, 5.41) is 4.38. The highest BCUT2D eigenvalue weighted by Crippen LogP contribution is 2.26. The molecule has 0 radical (unpaired) electrons. The van der Waals surface area contributed by atoms with Crippen molar-refractivity contribution in [2.24, 2.45) is 5.84 Å². The van der Waals surface area contributed by atoms with Gasteiger partial charge < -0.3 is 0 Å². The summed E-state index contributed by atoms with van der Waals surface area (Å²) in [5.41, 5.74) is 6.66. The molecule has 0 aliphatic rings. The minimum absolute atomic E-state index is 0.0342. The highest BCUT2D eigenvalue weighted by atomic mass is 15.3. The molecule has 1 atom stereocenters. The Labute approximate surface area is 127 Å². The average Bonchev–Trinajstić information content (AvgIpc) is 2.88. The van der Waals surface area contributed by atoms with E-state index in [9.17, 15) is 0 Å². The second-order valence-corrected chi connectivity index (χ2v) is 6.45. The van der Waals surface area contributed by atoms with Crippen LogP contribution in [0.5, 0.6) is 0 Å². The standard InChI is InChI=1S/C17H26N4/c1-5-12-21-15(10-11-19-21)16(20-18)13-6-8-14(9-7-13)17(2,3)4/h6-11,16,20H,5,12,18H2,1-4H3. The zero-order valence-corrected chi connectivity index (χ0v) is 13.4. The number of hydrazine groups is 1. The summed E-state index contributed by atoms with van der Waals surface area (Å²) >= 11 is 0. The zero-order chi connectivity index (χ0) is 15.5. The fraction of sp³-hybridized carbons (Fsp3) is 0.471. The van der Waals surface area contributed by atoms with Crippen LogP contribution in [0, 0.1) is 0 Å². The van der Waals surface area contributed by atoms with Crippen molar-refractivity contribution in [2.75, 3.05) is 0 Å².